The first-order chi connectivity index (χ1) is 6.99. The summed E-state index contributed by atoms with van der Waals surface area (Å²) in [5.41, 5.74) is 6.58. The second-order valence-corrected chi connectivity index (χ2v) is 4.36. The molecule has 0 aliphatic rings. The molecule has 4 heteroatoms. The maximum absolute atomic E-state index is 11.7. The van der Waals surface area contributed by atoms with E-state index in [4.69, 9.17) is 5.73 Å². The van der Waals surface area contributed by atoms with Gasteiger partial charge >= 0.3 is 0 Å². The predicted molar refractivity (Wildman–Crippen MR) is 59.3 cm³/mol. The van der Waals surface area contributed by atoms with E-state index >= 15 is 0 Å². The molecule has 1 atom stereocenters. The zero-order valence-corrected chi connectivity index (χ0v) is 9.60. The summed E-state index contributed by atoms with van der Waals surface area (Å²) >= 11 is 0. The second kappa shape index (κ2) is 5.07. The maximum atomic E-state index is 11.7. The molecule has 0 fully saturated rings. The third-order valence-electron chi connectivity index (χ3n) is 2.26. The summed E-state index contributed by atoms with van der Waals surface area (Å²) in [5, 5.41) is 4.15. The normalized spacial score (nSPS) is 13.1. The molecule has 1 aromatic rings. The van der Waals surface area contributed by atoms with Gasteiger partial charge < -0.3 is 5.73 Å². The highest BCUT2D eigenvalue weighted by molar-refractivity contribution is 5.85. The van der Waals surface area contributed by atoms with Crippen LogP contribution in [0.1, 0.15) is 26.0 Å². The van der Waals surface area contributed by atoms with Crippen LogP contribution in [0.4, 0.5) is 0 Å². The first kappa shape index (κ1) is 11.9. The fourth-order valence-corrected chi connectivity index (χ4v) is 1.51. The molecule has 15 heavy (non-hydrogen) atoms. The van der Waals surface area contributed by atoms with Gasteiger partial charge in [-0.2, -0.15) is 5.10 Å². The van der Waals surface area contributed by atoms with Crippen molar-refractivity contribution in [3.8, 4) is 0 Å². The maximum Gasteiger partial charge on any atom is 0.155 e. The summed E-state index contributed by atoms with van der Waals surface area (Å²) in [6.07, 6.45) is 2.91. The lowest BCUT2D eigenvalue weighted by Gasteiger charge is -2.11. The van der Waals surface area contributed by atoms with Crippen LogP contribution < -0.4 is 5.73 Å². The Bertz CT molecular complexity index is 330. The molecule has 2 N–H and O–H groups in total. The zero-order chi connectivity index (χ0) is 11.4. The van der Waals surface area contributed by atoms with Crippen LogP contribution in [0.3, 0.4) is 0 Å². The number of aromatic nitrogens is 2. The standard InChI is InChI=1S/C11H19N3O/c1-8(2)6-10(12)11(15)7-9-4-5-14(3)13-9/h4-5,8,10H,6-7,12H2,1-3H3. The van der Waals surface area contributed by atoms with E-state index in [1.807, 2.05) is 19.3 Å². The van der Waals surface area contributed by atoms with Crippen LogP contribution in [0.5, 0.6) is 0 Å². The Morgan fingerprint density at radius 3 is 2.73 bits per heavy atom. The highest BCUT2D eigenvalue weighted by Gasteiger charge is 2.16. The van der Waals surface area contributed by atoms with Crippen molar-refractivity contribution in [1.82, 2.24) is 9.78 Å². The Balaban J connectivity index is 2.48. The van der Waals surface area contributed by atoms with Gasteiger partial charge in [-0.1, -0.05) is 13.8 Å². The zero-order valence-electron chi connectivity index (χ0n) is 9.60. The van der Waals surface area contributed by atoms with Crippen molar-refractivity contribution in [1.29, 1.82) is 0 Å². The average molecular weight is 209 g/mol. The van der Waals surface area contributed by atoms with E-state index in [2.05, 4.69) is 18.9 Å². The van der Waals surface area contributed by atoms with E-state index in [1.165, 1.54) is 0 Å². The molecule has 1 rings (SSSR count). The minimum atomic E-state index is -0.355. The Hall–Kier alpha value is -1.16. The van der Waals surface area contributed by atoms with Crippen LogP contribution in [-0.2, 0) is 18.3 Å². The minimum absolute atomic E-state index is 0.0717. The highest BCUT2D eigenvalue weighted by Crippen LogP contribution is 2.06. The van der Waals surface area contributed by atoms with Crippen molar-refractivity contribution in [2.75, 3.05) is 0 Å². The topological polar surface area (TPSA) is 60.9 Å². The lowest BCUT2D eigenvalue weighted by atomic mass is 9.99. The number of Topliss-reactive ketones (excluding diaryl/α,β-unsaturated/α-hetero) is 1. The van der Waals surface area contributed by atoms with Crippen molar-refractivity contribution in [2.24, 2.45) is 18.7 Å². The Morgan fingerprint density at radius 1 is 1.60 bits per heavy atom. The number of hydrogen-bond acceptors (Lipinski definition) is 3. The molecule has 0 aliphatic carbocycles. The van der Waals surface area contributed by atoms with Gasteiger partial charge in [0, 0.05) is 13.2 Å². The summed E-state index contributed by atoms with van der Waals surface area (Å²) in [6.45, 7) is 4.13. The monoisotopic (exact) mass is 209 g/mol. The summed E-state index contributed by atoms with van der Waals surface area (Å²) < 4.78 is 1.69. The lowest BCUT2D eigenvalue weighted by molar-refractivity contribution is -0.120. The van der Waals surface area contributed by atoms with Gasteiger partial charge in [0.25, 0.3) is 0 Å². The van der Waals surface area contributed by atoms with Crippen LogP contribution in [0.2, 0.25) is 0 Å². The minimum Gasteiger partial charge on any atom is -0.321 e. The molecule has 0 saturated carbocycles. The molecule has 0 amide bonds. The Labute approximate surface area is 90.5 Å². The molecule has 1 heterocycles. The van der Waals surface area contributed by atoms with E-state index in [9.17, 15) is 4.79 Å². The summed E-state index contributed by atoms with van der Waals surface area (Å²) in [5.74, 6) is 0.523. The lowest BCUT2D eigenvalue weighted by Crippen LogP contribution is -2.33. The first-order valence-corrected chi connectivity index (χ1v) is 5.26. The predicted octanol–water partition coefficient (Wildman–Crippen LogP) is 0.905. The summed E-state index contributed by atoms with van der Waals surface area (Å²) in [7, 11) is 1.84. The number of aryl methyl sites for hydroxylation is 1. The van der Waals surface area contributed by atoms with Crippen LogP contribution in [0.15, 0.2) is 12.3 Å². The van der Waals surface area contributed by atoms with E-state index in [1.54, 1.807) is 4.68 Å². The van der Waals surface area contributed by atoms with E-state index in [0.717, 1.165) is 12.1 Å². The van der Waals surface area contributed by atoms with Gasteiger partial charge in [0.15, 0.2) is 5.78 Å². The molecule has 0 bridgehead atoms. The molecule has 1 unspecified atom stereocenters. The highest BCUT2D eigenvalue weighted by atomic mass is 16.1. The van der Waals surface area contributed by atoms with E-state index in [-0.39, 0.29) is 11.8 Å². The van der Waals surface area contributed by atoms with Crippen molar-refractivity contribution in [2.45, 2.75) is 32.7 Å². The van der Waals surface area contributed by atoms with Gasteiger partial charge in [0.2, 0.25) is 0 Å². The molecule has 1 aromatic heterocycles. The van der Waals surface area contributed by atoms with E-state index in [0.29, 0.717) is 12.3 Å². The molecule has 0 saturated heterocycles. The SMILES string of the molecule is CC(C)CC(N)C(=O)Cc1ccn(C)n1. The van der Waals surface area contributed by atoms with Crippen LogP contribution in [0, 0.1) is 5.92 Å². The third kappa shape index (κ3) is 3.83. The van der Waals surface area contributed by atoms with Crippen LogP contribution >= 0.6 is 0 Å². The molecule has 0 aromatic carbocycles. The molecule has 84 valence electrons. The van der Waals surface area contributed by atoms with E-state index < -0.39 is 0 Å². The number of nitrogens with two attached hydrogens (primary N) is 1. The Kier molecular flexibility index (Phi) is 4.03. The van der Waals surface area contributed by atoms with Gasteiger partial charge in [-0.05, 0) is 18.4 Å². The Morgan fingerprint density at radius 2 is 2.27 bits per heavy atom. The molecular weight excluding hydrogens is 190 g/mol. The fraction of sp³-hybridized carbons (Fsp3) is 0.636. The van der Waals surface area contributed by atoms with Gasteiger partial charge in [-0.3, -0.25) is 9.48 Å². The molecule has 0 spiro atoms. The van der Waals surface area contributed by atoms with Crippen molar-refractivity contribution in [3.63, 3.8) is 0 Å². The number of carbonyl (C=O) groups is 1. The molecule has 4 nitrogen and oxygen atoms in total. The third-order valence-corrected chi connectivity index (χ3v) is 2.26. The molecule has 0 radical (unpaired) electrons. The average Bonchev–Trinajstić information content (AvgIpc) is 2.50. The summed E-state index contributed by atoms with van der Waals surface area (Å²) in [4.78, 5) is 11.7. The van der Waals surface area contributed by atoms with Crippen LogP contribution in [-0.4, -0.2) is 21.6 Å². The first-order valence-electron chi connectivity index (χ1n) is 5.26. The second-order valence-electron chi connectivity index (χ2n) is 4.36. The number of hydrogen-bond donors (Lipinski definition) is 1. The van der Waals surface area contributed by atoms with Gasteiger partial charge in [-0.15, -0.1) is 0 Å². The van der Waals surface area contributed by atoms with Crippen molar-refractivity contribution >= 4 is 5.78 Å². The number of ketones is 1. The number of rotatable bonds is 5. The quantitative estimate of drug-likeness (QED) is 0.784. The van der Waals surface area contributed by atoms with Crippen LogP contribution in [0.25, 0.3) is 0 Å². The molecular formula is C11H19N3O. The number of carbonyl (C=O) groups excluding carboxylic acids is 1. The smallest absolute Gasteiger partial charge is 0.155 e. The van der Waals surface area contributed by atoms with Crippen molar-refractivity contribution in [3.05, 3.63) is 18.0 Å². The van der Waals surface area contributed by atoms with Gasteiger partial charge in [0.1, 0.15) is 0 Å². The largest absolute Gasteiger partial charge is 0.321 e. The van der Waals surface area contributed by atoms with Gasteiger partial charge in [0.05, 0.1) is 18.2 Å². The number of nitrogens with zero attached hydrogens (tertiary/aromatic N) is 2. The summed E-state index contributed by atoms with van der Waals surface area (Å²) in [6, 6.07) is 1.49. The van der Waals surface area contributed by atoms with Gasteiger partial charge in [-0.25, -0.2) is 0 Å². The molecule has 0 aliphatic heterocycles. The van der Waals surface area contributed by atoms with Crippen molar-refractivity contribution < 1.29 is 4.79 Å². The fourth-order valence-electron chi connectivity index (χ4n) is 1.51.